The first-order valence-electron chi connectivity index (χ1n) is 11.9. The molecule has 2 bridgehead atoms. The summed E-state index contributed by atoms with van der Waals surface area (Å²) in [4.78, 5) is 9.49. The van der Waals surface area contributed by atoms with Gasteiger partial charge in [-0.15, -0.1) is 0 Å². The Bertz CT molecular complexity index is 1020. The molecule has 4 unspecified atom stereocenters. The zero-order valence-electron chi connectivity index (χ0n) is 19.6. The number of hydrogen-bond acceptors (Lipinski definition) is 5. The molecule has 2 aliphatic heterocycles. The Kier molecular flexibility index (Phi) is 4.38. The van der Waals surface area contributed by atoms with Crippen LogP contribution in [0, 0.1) is 17.3 Å². The van der Waals surface area contributed by atoms with Gasteiger partial charge in [-0.3, -0.25) is 4.84 Å². The summed E-state index contributed by atoms with van der Waals surface area (Å²) in [6, 6.07) is 17.0. The van der Waals surface area contributed by atoms with E-state index in [2.05, 4.69) is 54.1 Å². The van der Waals surface area contributed by atoms with Gasteiger partial charge in [0.1, 0.15) is 11.5 Å². The van der Waals surface area contributed by atoms with E-state index in [0.29, 0.717) is 11.3 Å². The number of rotatable bonds is 4. The van der Waals surface area contributed by atoms with E-state index in [4.69, 9.17) is 14.3 Å². The fraction of sp³-hybridized carbons (Fsp3) is 0.556. The third kappa shape index (κ3) is 2.70. The molecular weight excluding hydrogens is 400 g/mol. The van der Waals surface area contributed by atoms with Crippen LogP contribution in [0.4, 0.5) is 5.69 Å². The molecular formula is C27H34N2O3. The third-order valence-corrected chi connectivity index (χ3v) is 9.18. The van der Waals surface area contributed by atoms with E-state index >= 15 is 0 Å². The summed E-state index contributed by atoms with van der Waals surface area (Å²) < 4.78 is 11.0. The van der Waals surface area contributed by atoms with Gasteiger partial charge in [-0.1, -0.05) is 26.0 Å². The summed E-state index contributed by atoms with van der Waals surface area (Å²) in [5.74, 6) is 3.29. The van der Waals surface area contributed by atoms with Gasteiger partial charge < -0.3 is 14.4 Å². The van der Waals surface area contributed by atoms with Crippen molar-refractivity contribution in [3.8, 4) is 11.5 Å². The molecule has 32 heavy (non-hydrogen) atoms. The first-order valence-corrected chi connectivity index (χ1v) is 11.9. The van der Waals surface area contributed by atoms with E-state index in [1.165, 1.54) is 30.5 Å². The van der Waals surface area contributed by atoms with E-state index in [1.807, 2.05) is 18.2 Å². The van der Waals surface area contributed by atoms with Crippen LogP contribution < -0.4 is 14.4 Å². The number of anilines is 1. The third-order valence-electron chi connectivity index (χ3n) is 9.18. The second kappa shape index (κ2) is 6.88. The molecule has 3 saturated carbocycles. The number of hydroxylamine groups is 2. The maximum Gasteiger partial charge on any atom is 0.119 e. The van der Waals surface area contributed by atoms with Gasteiger partial charge in [0, 0.05) is 18.7 Å². The van der Waals surface area contributed by atoms with Crippen molar-refractivity contribution in [3.05, 3.63) is 54.1 Å². The van der Waals surface area contributed by atoms with Crippen molar-refractivity contribution < 1.29 is 14.3 Å². The minimum atomic E-state index is -0.174. The first kappa shape index (κ1) is 20.4. The van der Waals surface area contributed by atoms with E-state index in [0.717, 1.165) is 37.1 Å². The van der Waals surface area contributed by atoms with Crippen molar-refractivity contribution in [2.45, 2.75) is 50.7 Å². The van der Waals surface area contributed by atoms with E-state index in [-0.39, 0.29) is 11.1 Å². The van der Waals surface area contributed by atoms with E-state index in [1.54, 1.807) is 14.2 Å². The van der Waals surface area contributed by atoms with Crippen LogP contribution in [0.25, 0.3) is 0 Å². The first-order chi connectivity index (χ1) is 15.4. The molecule has 3 aliphatic carbocycles. The van der Waals surface area contributed by atoms with Crippen LogP contribution in [0.5, 0.6) is 11.5 Å². The Morgan fingerprint density at radius 1 is 1.00 bits per heavy atom. The van der Waals surface area contributed by atoms with Crippen LogP contribution in [-0.4, -0.2) is 38.1 Å². The van der Waals surface area contributed by atoms with Crippen LogP contribution >= 0.6 is 0 Å². The normalized spacial score (nSPS) is 34.9. The van der Waals surface area contributed by atoms with Crippen molar-refractivity contribution in [1.29, 1.82) is 0 Å². The molecule has 5 aliphatic rings. The average Bonchev–Trinajstić information content (AvgIpc) is 3.31. The molecule has 2 aromatic carbocycles. The second-order valence-electron chi connectivity index (χ2n) is 10.9. The summed E-state index contributed by atoms with van der Waals surface area (Å²) in [6.07, 6.45) is 4.82. The van der Waals surface area contributed by atoms with Crippen LogP contribution in [0.2, 0.25) is 0 Å². The topological polar surface area (TPSA) is 34.2 Å². The summed E-state index contributed by atoms with van der Waals surface area (Å²) in [6.45, 7) is 6.59. The van der Waals surface area contributed by atoms with Crippen LogP contribution in [0.3, 0.4) is 0 Å². The highest BCUT2D eigenvalue weighted by Gasteiger charge is 2.69. The fourth-order valence-electron chi connectivity index (χ4n) is 7.27. The van der Waals surface area contributed by atoms with Gasteiger partial charge in [-0.05, 0) is 78.5 Å². The van der Waals surface area contributed by atoms with Gasteiger partial charge in [0.2, 0.25) is 0 Å². The summed E-state index contributed by atoms with van der Waals surface area (Å²) in [5, 5.41) is 2.31. The van der Waals surface area contributed by atoms with Crippen molar-refractivity contribution in [2.75, 3.05) is 32.3 Å². The number of benzene rings is 2. The van der Waals surface area contributed by atoms with Gasteiger partial charge in [0.25, 0.3) is 0 Å². The van der Waals surface area contributed by atoms with Crippen molar-refractivity contribution in [1.82, 2.24) is 5.06 Å². The lowest BCUT2D eigenvalue weighted by Crippen LogP contribution is -2.62. The molecule has 7 rings (SSSR count). The number of nitrogens with zero attached hydrogens (tertiary/aromatic N) is 2. The van der Waals surface area contributed by atoms with Gasteiger partial charge in [-0.2, -0.15) is 5.06 Å². The Morgan fingerprint density at radius 3 is 2.47 bits per heavy atom. The predicted molar refractivity (Wildman–Crippen MR) is 125 cm³/mol. The second-order valence-corrected chi connectivity index (χ2v) is 10.9. The predicted octanol–water partition coefficient (Wildman–Crippen LogP) is 5.21. The smallest absolute Gasteiger partial charge is 0.119 e. The van der Waals surface area contributed by atoms with Crippen LogP contribution in [0.1, 0.15) is 45.1 Å². The molecule has 4 atom stereocenters. The molecule has 5 nitrogen and oxygen atoms in total. The Balaban J connectivity index is 1.38. The highest BCUT2D eigenvalue weighted by molar-refractivity contribution is 5.52. The number of fused-ring (bicyclic) bond motifs is 2. The zero-order chi connectivity index (χ0) is 22.1. The van der Waals surface area contributed by atoms with Gasteiger partial charge in [0.05, 0.1) is 32.0 Å². The number of ether oxygens (including phenoxy) is 2. The summed E-state index contributed by atoms with van der Waals surface area (Å²) in [7, 11) is 3.46. The van der Waals surface area contributed by atoms with Gasteiger partial charge >= 0.3 is 0 Å². The van der Waals surface area contributed by atoms with Gasteiger partial charge in [-0.25, -0.2) is 0 Å². The molecule has 2 aromatic rings. The van der Waals surface area contributed by atoms with Gasteiger partial charge in [0.15, 0.2) is 0 Å². The molecule has 0 N–H and O–H groups in total. The zero-order valence-corrected chi connectivity index (χ0v) is 19.6. The molecule has 1 spiro atoms. The van der Waals surface area contributed by atoms with E-state index < -0.39 is 0 Å². The molecule has 2 heterocycles. The van der Waals surface area contributed by atoms with Crippen LogP contribution in [0.15, 0.2) is 48.5 Å². The fourth-order valence-corrected chi connectivity index (χ4v) is 7.27. The summed E-state index contributed by atoms with van der Waals surface area (Å²) in [5.41, 5.74) is 2.65. The highest BCUT2D eigenvalue weighted by atomic mass is 16.7. The molecule has 0 aromatic heterocycles. The SMILES string of the molecule is COc1ccc(N2CN3OC4(CCC5CC4C5(C)C)CC3(c3cccc(OC)c3)C2)cc1. The lowest BCUT2D eigenvalue weighted by atomic mass is 9.43. The average molecular weight is 435 g/mol. The monoisotopic (exact) mass is 434 g/mol. The molecule has 5 fully saturated rings. The Hall–Kier alpha value is -2.24. The molecule has 2 saturated heterocycles. The van der Waals surface area contributed by atoms with Crippen molar-refractivity contribution in [2.24, 2.45) is 17.3 Å². The highest BCUT2D eigenvalue weighted by Crippen LogP contribution is 2.69. The Morgan fingerprint density at radius 2 is 1.78 bits per heavy atom. The van der Waals surface area contributed by atoms with Crippen molar-refractivity contribution in [3.63, 3.8) is 0 Å². The van der Waals surface area contributed by atoms with Crippen LogP contribution in [-0.2, 0) is 10.4 Å². The maximum absolute atomic E-state index is 7.05. The standard InChI is InChI=1S/C27H34N2O3/c1-25(2)19-12-13-27(24(25)15-19)16-26(20-6-5-7-23(14-20)31-4)17-28(18-29(26)32-27)21-8-10-22(30-3)11-9-21/h5-11,14,19,24H,12-13,15-18H2,1-4H3. The largest absolute Gasteiger partial charge is 0.497 e. The number of hydrogen-bond donors (Lipinski definition) is 0. The Labute approximate surface area is 191 Å². The summed E-state index contributed by atoms with van der Waals surface area (Å²) >= 11 is 0. The minimum absolute atomic E-state index is 0.0483. The maximum atomic E-state index is 7.05. The van der Waals surface area contributed by atoms with E-state index in [9.17, 15) is 0 Å². The molecule has 0 amide bonds. The minimum Gasteiger partial charge on any atom is -0.497 e. The molecule has 0 radical (unpaired) electrons. The quantitative estimate of drug-likeness (QED) is 0.660. The molecule has 5 heteroatoms. The lowest BCUT2D eigenvalue weighted by molar-refractivity contribution is -0.285. The lowest BCUT2D eigenvalue weighted by Gasteiger charge is -2.63. The van der Waals surface area contributed by atoms with Crippen molar-refractivity contribution >= 4 is 5.69 Å². The number of methoxy groups -OCH3 is 2. The molecule has 170 valence electrons.